The molecule has 0 bridgehead atoms. The maximum Gasteiger partial charge on any atom is 0.0643 e. The normalized spacial score (nSPS) is 14.1. The third kappa shape index (κ3) is 3.46. The van der Waals surface area contributed by atoms with E-state index in [0.717, 1.165) is 29.9 Å². The molecule has 0 radical (unpaired) electrons. The number of hydrogen-bond donors (Lipinski definition) is 0. The molecular weight excluding hydrogens is 236 g/mol. The van der Waals surface area contributed by atoms with Crippen molar-refractivity contribution in [1.82, 2.24) is 9.78 Å². The minimum absolute atomic E-state index is 0.0131. The molecule has 0 spiro atoms. The van der Waals surface area contributed by atoms with Crippen molar-refractivity contribution in [3.05, 3.63) is 17.0 Å². The van der Waals surface area contributed by atoms with E-state index in [1.165, 1.54) is 0 Å². The zero-order valence-corrected chi connectivity index (χ0v) is 12.4. The van der Waals surface area contributed by atoms with Crippen molar-refractivity contribution in [2.45, 2.75) is 58.6 Å². The van der Waals surface area contributed by atoms with Crippen LogP contribution in [0.2, 0.25) is 0 Å². The highest BCUT2D eigenvalue weighted by Gasteiger charge is 2.19. The fraction of sp³-hybridized carbons (Fsp3) is 0.769. The van der Waals surface area contributed by atoms with Crippen LogP contribution in [0, 0.1) is 13.8 Å². The van der Waals surface area contributed by atoms with Crippen LogP contribution in [0.15, 0.2) is 0 Å². The highest BCUT2D eigenvalue weighted by Crippen LogP contribution is 2.26. The van der Waals surface area contributed by atoms with Gasteiger partial charge in [-0.25, -0.2) is 0 Å². The lowest BCUT2D eigenvalue weighted by Crippen LogP contribution is -2.25. The van der Waals surface area contributed by atoms with Crippen molar-refractivity contribution in [1.29, 1.82) is 0 Å². The topological polar surface area (TPSA) is 27.1 Å². The number of methoxy groups -OCH3 is 1. The molecule has 17 heavy (non-hydrogen) atoms. The molecule has 0 aromatic carbocycles. The lowest BCUT2D eigenvalue weighted by atomic mass is 10.1. The van der Waals surface area contributed by atoms with Crippen molar-refractivity contribution < 1.29 is 4.74 Å². The zero-order valence-electron chi connectivity index (χ0n) is 11.7. The number of hydrogen-bond acceptors (Lipinski definition) is 2. The van der Waals surface area contributed by atoms with Crippen molar-refractivity contribution in [2.24, 2.45) is 0 Å². The first kappa shape index (κ1) is 14.5. The molecule has 1 atom stereocenters. The van der Waals surface area contributed by atoms with E-state index < -0.39 is 0 Å². The first-order valence-corrected chi connectivity index (χ1v) is 6.45. The smallest absolute Gasteiger partial charge is 0.0643 e. The Hall–Kier alpha value is -0.540. The van der Waals surface area contributed by atoms with E-state index in [1.807, 2.05) is 18.5 Å². The van der Waals surface area contributed by atoms with Crippen molar-refractivity contribution >= 4 is 11.6 Å². The predicted molar refractivity (Wildman–Crippen MR) is 71.7 cm³/mol. The van der Waals surface area contributed by atoms with Gasteiger partial charge in [0.15, 0.2) is 0 Å². The second-order valence-corrected chi connectivity index (χ2v) is 5.79. The van der Waals surface area contributed by atoms with Gasteiger partial charge in [0.2, 0.25) is 0 Å². The molecule has 1 aromatic rings. The predicted octanol–water partition coefficient (Wildman–Crippen LogP) is 3.61. The molecule has 1 rings (SSSR count). The molecule has 98 valence electrons. The second kappa shape index (κ2) is 5.40. The van der Waals surface area contributed by atoms with Crippen molar-refractivity contribution in [3.63, 3.8) is 0 Å². The summed E-state index contributed by atoms with van der Waals surface area (Å²) >= 11 is 6.17. The SMILES string of the molecule is COC(C)(C)CCn1nc(C)c(C(C)Cl)c1C. The van der Waals surface area contributed by atoms with Crippen LogP contribution in [0.25, 0.3) is 0 Å². The van der Waals surface area contributed by atoms with Gasteiger partial charge >= 0.3 is 0 Å². The molecule has 0 fully saturated rings. The average molecular weight is 259 g/mol. The number of nitrogens with zero attached hydrogens (tertiary/aromatic N) is 2. The molecule has 3 nitrogen and oxygen atoms in total. The summed E-state index contributed by atoms with van der Waals surface area (Å²) in [5, 5.41) is 4.56. The van der Waals surface area contributed by atoms with Gasteiger partial charge in [0.05, 0.1) is 16.7 Å². The highest BCUT2D eigenvalue weighted by molar-refractivity contribution is 6.20. The Balaban J connectivity index is 2.83. The van der Waals surface area contributed by atoms with Gasteiger partial charge in [0, 0.05) is 24.9 Å². The molecular formula is C13H23ClN2O. The van der Waals surface area contributed by atoms with Crippen LogP contribution in [0.4, 0.5) is 0 Å². The lowest BCUT2D eigenvalue weighted by molar-refractivity contribution is 0.0112. The van der Waals surface area contributed by atoms with E-state index in [-0.39, 0.29) is 11.0 Å². The molecule has 1 heterocycles. The van der Waals surface area contributed by atoms with Crippen LogP contribution in [-0.2, 0) is 11.3 Å². The van der Waals surface area contributed by atoms with Crippen LogP contribution in [-0.4, -0.2) is 22.5 Å². The Morgan fingerprint density at radius 3 is 2.41 bits per heavy atom. The number of ether oxygens (including phenoxy) is 1. The molecule has 0 amide bonds. The molecule has 1 unspecified atom stereocenters. The quantitative estimate of drug-likeness (QED) is 0.755. The van der Waals surface area contributed by atoms with Crippen LogP contribution in [0.3, 0.4) is 0 Å². The van der Waals surface area contributed by atoms with Gasteiger partial charge in [0.25, 0.3) is 0 Å². The summed E-state index contributed by atoms with van der Waals surface area (Å²) in [6.07, 6.45) is 0.932. The van der Waals surface area contributed by atoms with Crippen LogP contribution < -0.4 is 0 Å². The monoisotopic (exact) mass is 258 g/mol. The standard InChI is InChI=1S/C13H23ClN2O/c1-9(14)12-10(2)15-16(11(12)3)8-7-13(4,5)17-6/h9H,7-8H2,1-6H3. The van der Waals surface area contributed by atoms with Gasteiger partial charge in [-0.3, -0.25) is 4.68 Å². The summed E-state index contributed by atoms with van der Waals surface area (Å²) in [4.78, 5) is 0. The highest BCUT2D eigenvalue weighted by atomic mass is 35.5. The number of aromatic nitrogens is 2. The van der Waals surface area contributed by atoms with Gasteiger partial charge in [0.1, 0.15) is 0 Å². The van der Waals surface area contributed by atoms with Gasteiger partial charge in [-0.05, 0) is 41.0 Å². The van der Waals surface area contributed by atoms with E-state index >= 15 is 0 Å². The number of halogens is 1. The fourth-order valence-corrected chi connectivity index (χ4v) is 2.30. The minimum Gasteiger partial charge on any atom is -0.379 e. The summed E-state index contributed by atoms with van der Waals surface area (Å²) < 4.78 is 7.45. The van der Waals surface area contributed by atoms with Gasteiger partial charge < -0.3 is 4.74 Å². The summed E-state index contributed by atoms with van der Waals surface area (Å²) in [5.74, 6) is 0. The van der Waals surface area contributed by atoms with Gasteiger partial charge in [-0.2, -0.15) is 5.10 Å². The van der Waals surface area contributed by atoms with Gasteiger partial charge in [-0.1, -0.05) is 0 Å². The summed E-state index contributed by atoms with van der Waals surface area (Å²) in [7, 11) is 1.74. The Morgan fingerprint density at radius 1 is 1.41 bits per heavy atom. The number of alkyl halides is 1. The Bertz CT molecular complexity index is 383. The Labute approximate surface area is 109 Å². The zero-order chi connectivity index (χ0) is 13.2. The van der Waals surface area contributed by atoms with Crippen LogP contribution in [0.1, 0.15) is 49.5 Å². The van der Waals surface area contributed by atoms with Gasteiger partial charge in [-0.15, -0.1) is 11.6 Å². The first-order chi connectivity index (χ1) is 7.78. The maximum absolute atomic E-state index is 6.17. The molecule has 0 aliphatic carbocycles. The number of rotatable bonds is 5. The third-order valence-electron chi connectivity index (χ3n) is 3.31. The molecule has 0 saturated carbocycles. The minimum atomic E-state index is -0.112. The third-order valence-corrected chi connectivity index (χ3v) is 3.53. The summed E-state index contributed by atoms with van der Waals surface area (Å²) in [5.41, 5.74) is 3.23. The Morgan fingerprint density at radius 2 is 2.00 bits per heavy atom. The lowest BCUT2D eigenvalue weighted by Gasteiger charge is -2.22. The molecule has 1 aromatic heterocycles. The van der Waals surface area contributed by atoms with E-state index in [4.69, 9.17) is 16.3 Å². The van der Waals surface area contributed by atoms with Crippen LogP contribution >= 0.6 is 11.6 Å². The Kier molecular flexibility index (Phi) is 4.62. The maximum atomic E-state index is 6.17. The number of aryl methyl sites for hydroxylation is 2. The van der Waals surface area contributed by atoms with E-state index in [1.54, 1.807) is 7.11 Å². The molecule has 0 N–H and O–H groups in total. The first-order valence-electron chi connectivity index (χ1n) is 6.01. The van der Waals surface area contributed by atoms with Crippen molar-refractivity contribution in [3.8, 4) is 0 Å². The summed E-state index contributed by atoms with van der Waals surface area (Å²) in [6.45, 7) is 11.1. The largest absolute Gasteiger partial charge is 0.379 e. The molecule has 0 saturated heterocycles. The molecule has 0 aliphatic heterocycles. The summed E-state index contributed by atoms with van der Waals surface area (Å²) in [6, 6.07) is 0. The molecule has 0 aliphatic rings. The average Bonchev–Trinajstić information content (AvgIpc) is 2.51. The van der Waals surface area contributed by atoms with Crippen molar-refractivity contribution in [2.75, 3.05) is 7.11 Å². The second-order valence-electron chi connectivity index (χ2n) is 5.14. The van der Waals surface area contributed by atoms with E-state index in [2.05, 4.69) is 25.9 Å². The molecule has 4 heteroatoms. The van der Waals surface area contributed by atoms with E-state index in [9.17, 15) is 0 Å². The van der Waals surface area contributed by atoms with Crippen LogP contribution in [0.5, 0.6) is 0 Å². The van der Waals surface area contributed by atoms with E-state index in [0.29, 0.717) is 0 Å². The fourth-order valence-electron chi connectivity index (χ4n) is 1.98.